The van der Waals surface area contributed by atoms with Gasteiger partial charge in [0.2, 0.25) is 0 Å². The van der Waals surface area contributed by atoms with Crippen LogP contribution < -0.4 is 0 Å². The minimum absolute atomic E-state index is 0.323. The average Bonchev–Trinajstić information content (AvgIpc) is 3.23. The standard InChI is InChI=1S/C18H20N2O3S2/c1-18(2,23-3)17-11-14(19-20-17)16-9-8-15(24-16)12-6-5-7-13(10-12)25(4,21)22/h5-11H,1-4H3,(H,19,20). The zero-order valence-electron chi connectivity index (χ0n) is 14.5. The number of aromatic nitrogens is 2. The van der Waals surface area contributed by atoms with Crippen LogP contribution in [0.1, 0.15) is 19.5 Å². The van der Waals surface area contributed by atoms with E-state index in [0.29, 0.717) is 4.90 Å². The molecule has 0 amide bonds. The van der Waals surface area contributed by atoms with Gasteiger partial charge in [-0.3, -0.25) is 5.10 Å². The van der Waals surface area contributed by atoms with Crippen LogP contribution in [-0.2, 0) is 20.2 Å². The zero-order chi connectivity index (χ0) is 18.2. The minimum Gasteiger partial charge on any atom is -0.373 e. The molecule has 0 radical (unpaired) electrons. The van der Waals surface area contributed by atoms with Gasteiger partial charge < -0.3 is 4.74 Å². The van der Waals surface area contributed by atoms with Gasteiger partial charge in [0, 0.05) is 18.2 Å². The van der Waals surface area contributed by atoms with Crippen molar-refractivity contribution in [2.45, 2.75) is 24.3 Å². The molecule has 0 saturated heterocycles. The normalized spacial score (nSPS) is 12.5. The summed E-state index contributed by atoms with van der Waals surface area (Å²) in [6.45, 7) is 3.95. The molecule has 25 heavy (non-hydrogen) atoms. The molecule has 3 aromatic rings. The fourth-order valence-electron chi connectivity index (χ4n) is 2.38. The maximum Gasteiger partial charge on any atom is 0.175 e. The topological polar surface area (TPSA) is 72.1 Å². The van der Waals surface area contributed by atoms with Gasteiger partial charge in [-0.1, -0.05) is 12.1 Å². The molecule has 0 saturated carbocycles. The highest BCUT2D eigenvalue weighted by Gasteiger charge is 2.22. The molecule has 0 fully saturated rings. The third kappa shape index (κ3) is 3.68. The number of sulfone groups is 1. The first-order valence-corrected chi connectivity index (χ1v) is 10.4. The number of thiophene rings is 1. The van der Waals surface area contributed by atoms with Crippen LogP contribution in [0.2, 0.25) is 0 Å². The van der Waals surface area contributed by atoms with Crippen molar-refractivity contribution in [3.05, 3.63) is 48.2 Å². The van der Waals surface area contributed by atoms with E-state index in [1.54, 1.807) is 36.6 Å². The zero-order valence-corrected chi connectivity index (χ0v) is 16.2. The van der Waals surface area contributed by atoms with Crippen molar-refractivity contribution >= 4 is 21.2 Å². The highest BCUT2D eigenvalue weighted by atomic mass is 32.2. The molecule has 0 atom stereocenters. The Hall–Kier alpha value is -1.96. The first kappa shape index (κ1) is 17.8. The van der Waals surface area contributed by atoms with Gasteiger partial charge in [0.25, 0.3) is 0 Å². The van der Waals surface area contributed by atoms with Crippen molar-refractivity contribution < 1.29 is 13.2 Å². The predicted molar refractivity (Wildman–Crippen MR) is 100 cm³/mol. The van der Waals surface area contributed by atoms with Crippen molar-refractivity contribution in [2.24, 2.45) is 0 Å². The lowest BCUT2D eigenvalue weighted by Gasteiger charge is -2.20. The van der Waals surface area contributed by atoms with Gasteiger partial charge in [0.05, 0.1) is 15.5 Å². The van der Waals surface area contributed by atoms with E-state index in [-0.39, 0.29) is 0 Å². The van der Waals surface area contributed by atoms with Crippen LogP contribution in [0.15, 0.2) is 47.4 Å². The second-order valence-corrected chi connectivity index (χ2v) is 9.44. The Morgan fingerprint density at radius 2 is 1.84 bits per heavy atom. The maximum atomic E-state index is 11.7. The number of benzene rings is 1. The van der Waals surface area contributed by atoms with E-state index in [2.05, 4.69) is 10.2 Å². The van der Waals surface area contributed by atoms with E-state index in [1.807, 2.05) is 38.1 Å². The Bertz CT molecular complexity index is 1000. The number of nitrogens with zero attached hydrogens (tertiary/aromatic N) is 1. The molecule has 1 aromatic carbocycles. The molecular weight excluding hydrogens is 356 g/mol. The molecule has 1 N–H and O–H groups in total. The van der Waals surface area contributed by atoms with Crippen molar-refractivity contribution in [1.82, 2.24) is 10.2 Å². The molecule has 3 rings (SSSR count). The van der Waals surface area contributed by atoms with E-state index < -0.39 is 15.4 Å². The number of ether oxygens (including phenoxy) is 1. The van der Waals surface area contributed by atoms with E-state index in [1.165, 1.54) is 6.26 Å². The Labute approximate surface area is 151 Å². The molecule has 0 unspecified atom stereocenters. The maximum absolute atomic E-state index is 11.7. The van der Waals surface area contributed by atoms with Gasteiger partial charge in [-0.25, -0.2) is 8.42 Å². The molecule has 0 aliphatic carbocycles. The Balaban J connectivity index is 1.94. The smallest absolute Gasteiger partial charge is 0.175 e. The predicted octanol–water partition coefficient (Wildman–Crippen LogP) is 4.09. The molecule has 132 valence electrons. The molecule has 0 spiro atoms. The SMILES string of the molecule is COC(C)(C)c1cc(-c2ccc(-c3cccc(S(C)(=O)=O)c3)s2)n[nH]1. The third-order valence-electron chi connectivity index (χ3n) is 4.14. The lowest BCUT2D eigenvalue weighted by atomic mass is 10.1. The van der Waals surface area contributed by atoms with Gasteiger partial charge in [0.1, 0.15) is 11.3 Å². The quantitative estimate of drug-likeness (QED) is 0.728. The van der Waals surface area contributed by atoms with Crippen LogP contribution in [0.5, 0.6) is 0 Å². The van der Waals surface area contributed by atoms with Gasteiger partial charge in [-0.15, -0.1) is 11.3 Å². The second kappa shape index (κ2) is 6.40. The van der Waals surface area contributed by atoms with Crippen LogP contribution in [0, 0.1) is 0 Å². The number of nitrogens with one attached hydrogen (secondary N) is 1. The Morgan fingerprint density at radius 3 is 2.52 bits per heavy atom. The number of hydrogen-bond acceptors (Lipinski definition) is 5. The third-order valence-corrected chi connectivity index (χ3v) is 6.41. The van der Waals surface area contributed by atoms with Gasteiger partial charge in [0.15, 0.2) is 9.84 Å². The van der Waals surface area contributed by atoms with Crippen LogP contribution in [0.4, 0.5) is 0 Å². The summed E-state index contributed by atoms with van der Waals surface area (Å²) in [6.07, 6.45) is 1.22. The van der Waals surface area contributed by atoms with Gasteiger partial charge in [-0.2, -0.15) is 5.10 Å². The van der Waals surface area contributed by atoms with Gasteiger partial charge >= 0.3 is 0 Å². The molecule has 0 bridgehead atoms. The summed E-state index contributed by atoms with van der Waals surface area (Å²) < 4.78 is 29.0. The lowest BCUT2D eigenvalue weighted by Crippen LogP contribution is -2.19. The Kier molecular flexibility index (Phi) is 4.57. The molecule has 7 heteroatoms. The monoisotopic (exact) mass is 376 g/mol. The van der Waals surface area contributed by atoms with Crippen molar-refractivity contribution in [3.8, 4) is 21.0 Å². The van der Waals surface area contributed by atoms with Crippen molar-refractivity contribution in [2.75, 3.05) is 13.4 Å². The fraction of sp³-hybridized carbons (Fsp3) is 0.278. The fourth-order valence-corrected chi connectivity index (χ4v) is 4.01. The molecule has 2 aromatic heterocycles. The van der Waals surface area contributed by atoms with Crippen LogP contribution in [-0.4, -0.2) is 32.0 Å². The van der Waals surface area contributed by atoms with E-state index in [9.17, 15) is 8.42 Å². The summed E-state index contributed by atoms with van der Waals surface area (Å²) in [4.78, 5) is 2.33. The molecular formula is C18H20N2O3S2. The van der Waals surface area contributed by atoms with E-state index >= 15 is 0 Å². The van der Waals surface area contributed by atoms with Crippen LogP contribution in [0.3, 0.4) is 0 Å². The highest BCUT2D eigenvalue weighted by Crippen LogP contribution is 2.35. The first-order chi connectivity index (χ1) is 11.7. The number of hydrogen-bond donors (Lipinski definition) is 1. The molecule has 0 aliphatic heterocycles. The van der Waals surface area contributed by atoms with E-state index in [4.69, 9.17) is 4.74 Å². The number of methoxy groups -OCH3 is 1. The van der Waals surface area contributed by atoms with Gasteiger partial charge in [-0.05, 0) is 49.7 Å². The average molecular weight is 377 g/mol. The summed E-state index contributed by atoms with van der Waals surface area (Å²) in [5.41, 5.74) is 2.19. The molecule has 5 nitrogen and oxygen atoms in total. The summed E-state index contributed by atoms with van der Waals surface area (Å²) >= 11 is 1.57. The Morgan fingerprint density at radius 1 is 1.12 bits per heavy atom. The van der Waals surface area contributed by atoms with E-state index in [0.717, 1.165) is 26.7 Å². The van der Waals surface area contributed by atoms with Crippen LogP contribution in [0.25, 0.3) is 21.0 Å². The number of rotatable bonds is 5. The molecule has 2 heterocycles. The lowest BCUT2D eigenvalue weighted by molar-refractivity contribution is 0.0154. The summed E-state index contributed by atoms with van der Waals surface area (Å²) in [5.74, 6) is 0. The van der Waals surface area contributed by atoms with Crippen molar-refractivity contribution in [1.29, 1.82) is 0 Å². The minimum atomic E-state index is -3.22. The second-order valence-electron chi connectivity index (χ2n) is 6.35. The summed E-state index contributed by atoms with van der Waals surface area (Å²) in [5, 5.41) is 7.40. The number of aromatic amines is 1. The highest BCUT2D eigenvalue weighted by molar-refractivity contribution is 7.90. The first-order valence-electron chi connectivity index (χ1n) is 7.72. The number of H-pyrrole nitrogens is 1. The summed E-state index contributed by atoms with van der Waals surface area (Å²) in [6, 6.07) is 12.9. The molecule has 0 aliphatic rings. The summed E-state index contributed by atoms with van der Waals surface area (Å²) in [7, 11) is -1.56. The van der Waals surface area contributed by atoms with Crippen molar-refractivity contribution in [3.63, 3.8) is 0 Å². The van der Waals surface area contributed by atoms with Crippen LogP contribution >= 0.6 is 11.3 Å². The largest absolute Gasteiger partial charge is 0.373 e.